The fourth-order valence-electron chi connectivity index (χ4n) is 2.65. The van der Waals surface area contributed by atoms with Gasteiger partial charge in [0, 0.05) is 18.2 Å². The Kier molecular flexibility index (Phi) is 8.26. The van der Waals surface area contributed by atoms with E-state index in [2.05, 4.69) is 48.7 Å². The van der Waals surface area contributed by atoms with Crippen LogP contribution in [0.4, 0.5) is 5.69 Å². The van der Waals surface area contributed by atoms with Gasteiger partial charge in [0.2, 0.25) is 12.3 Å². The molecular weight excluding hydrogens is 276 g/mol. The molecule has 0 fully saturated rings. The molecule has 22 heavy (non-hydrogen) atoms. The first-order valence-corrected chi connectivity index (χ1v) is 8.20. The molecule has 1 rings (SSSR count). The number of benzene rings is 1. The van der Waals surface area contributed by atoms with Gasteiger partial charge in [-0.25, -0.2) is 0 Å². The van der Waals surface area contributed by atoms with Crippen molar-refractivity contribution in [2.45, 2.75) is 64.8 Å². The SMILES string of the molecule is CCCC(CC)c1ccc(NC(C)CCC(=O)NC=O)cc1. The number of amides is 2. The normalized spacial score (nSPS) is 13.2. The second-order valence-corrected chi connectivity index (χ2v) is 5.79. The van der Waals surface area contributed by atoms with Crippen LogP contribution in [0.5, 0.6) is 0 Å². The smallest absolute Gasteiger partial charge is 0.226 e. The van der Waals surface area contributed by atoms with E-state index in [4.69, 9.17) is 0 Å². The van der Waals surface area contributed by atoms with Gasteiger partial charge in [0.25, 0.3) is 0 Å². The van der Waals surface area contributed by atoms with Crippen molar-refractivity contribution in [1.82, 2.24) is 5.32 Å². The third kappa shape index (κ3) is 6.29. The summed E-state index contributed by atoms with van der Waals surface area (Å²) in [5.74, 6) is 0.410. The monoisotopic (exact) mass is 304 g/mol. The van der Waals surface area contributed by atoms with E-state index >= 15 is 0 Å². The summed E-state index contributed by atoms with van der Waals surface area (Å²) >= 11 is 0. The van der Waals surface area contributed by atoms with Crippen LogP contribution >= 0.6 is 0 Å². The van der Waals surface area contributed by atoms with Gasteiger partial charge in [-0.3, -0.25) is 14.9 Å². The van der Waals surface area contributed by atoms with E-state index in [1.165, 1.54) is 24.8 Å². The molecule has 0 aliphatic rings. The minimum atomic E-state index is -0.232. The van der Waals surface area contributed by atoms with E-state index in [1.807, 2.05) is 6.92 Å². The van der Waals surface area contributed by atoms with Crippen LogP contribution in [0.3, 0.4) is 0 Å². The van der Waals surface area contributed by atoms with Crippen molar-refractivity contribution in [2.75, 3.05) is 5.32 Å². The zero-order valence-electron chi connectivity index (χ0n) is 13.9. The molecule has 2 unspecified atom stereocenters. The average Bonchev–Trinajstić information content (AvgIpc) is 2.52. The number of nitrogens with one attached hydrogen (secondary N) is 2. The number of carbonyl (C=O) groups is 2. The second kappa shape index (κ2) is 9.98. The van der Waals surface area contributed by atoms with E-state index in [0.717, 1.165) is 5.69 Å². The van der Waals surface area contributed by atoms with Crippen LogP contribution in [0.2, 0.25) is 0 Å². The molecule has 0 aliphatic heterocycles. The number of hydrogen-bond donors (Lipinski definition) is 2. The van der Waals surface area contributed by atoms with Crippen molar-refractivity contribution in [3.05, 3.63) is 29.8 Å². The first-order valence-electron chi connectivity index (χ1n) is 8.20. The van der Waals surface area contributed by atoms with Crippen molar-refractivity contribution >= 4 is 18.0 Å². The Hall–Kier alpha value is -1.84. The van der Waals surface area contributed by atoms with Gasteiger partial charge in [-0.1, -0.05) is 32.4 Å². The first-order chi connectivity index (χ1) is 10.6. The fraction of sp³-hybridized carbons (Fsp3) is 0.556. The Balaban J connectivity index is 2.49. The van der Waals surface area contributed by atoms with Crippen LogP contribution in [0.15, 0.2) is 24.3 Å². The molecule has 0 saturated heterocycles. The molecule has 0 saturated carbocycles. The van der Waals surface area contributed by atoms with Crippen LogP contribution in [-0.2, 0) is 9.59 Å². The van der Waals surface area contributed by atoms with Crippen molar-refractivity contribution in [3.8, 4) is 0 Å². The largest absolute Gasteiger partial charge is 0.383 e. The molecule has 0 bridgehead atoms. The molecule has 0 heterocycles. The van der Waals surface area contributed by atoms with E-state index < -0.39 is 0 Å². The molecule has 4 heteroatoms. The van der Waals surface area contributed by atoms with Crippen LogP contribution in [0.25, 0.3) is 0 Å². The molecule has 0 aliphatic carbocycles. The van der Waals surface area contributed by atoms with Gasteiger partial charge in [0.1, 0.15) is 0 Å². The number of rotatable bonds is 10. The highest BCUT2D eigenvalue weighted by Gasteiger charge is 2.09. The molecule has 2 N–H and O–H groups in total. The van der Waals surface area contributed by atoms with Gasteiger partial charge < -0.3 is 5.32 Å². The molecule has 122 valence electrons. The molecule has 0 radical (unpaired) electrons. The van der Waals surface area contributed by atoms with Crippen LogP contribution in [0, 0.1) is 0 Å². The van der Waals surface area contributed by atoms with Gasteiger partial charge in [-0.05, 0) is 49.8 Å². The summed E-state index contributed by atoms with van der Waals surface area (Å²) in [6.07, 6.45) is 5.07. The lowest BCUT2D eigenvalue weighted by Crippen LogP contribution is -2.24. The quantitative estimate of drug-likeness (QED) is 0.646. The number of carbonyl (C=O) groups excluding carboxylic acids is 2. The van der Waals surface area contributed by atoms with Crippen LogP contribution < -0.4 is 10.6 Å². The Bertz CT molecular complexity index is 457. The third-order valence-electron chi connectivity index (χ3n) is 3.95. The zero-order chi connectivity index (χ0) is 16.4. The molecule has 0 spiro atoms. The second-order valence-electron chi connectivity index (χ2n) is 5.79. The van der Waals surface area contributed by atoms with Gasteiger partial charge in [-0.15, -0.1) is 0 Å². The molecule has 0 aromatic heterocycles. The summed E-state index contributed by atoms with van der Waals surface area (Å²) in [4.78, 5) is 21.4. The molecular formula is C18H28N2O2. The highest BCUT2D eigenvalue weighted by Crippen LogP contribution is 2.26. The fourth-order valence-corrected chi connectivity index (χ4v) is 2.65. The maximum absolute atomic E-state index is 11.2. The standard InChI is InChI=1S/C18H28N2O2/c1-4-6-15(5-2)16-8-10-17(11-9-16)20-14(3)7-12-18(22)19-13-21/h8-11,13-15,20H,4-7,12H2,1-3H3,(H,19,21,22). The lowest BCUT2D eigenvalue weighted by Gasteiger charge is -2.17. The van der Waals surface area contributed by atoms with E-state index in [-0.39, 0.29) is 11.9 Å². The summed E-state index contributed by atoms with van der Waals surface area (Å²) < 4.78 is 0. The maximum atomic E-state index is 11.2. The molecule has 2 atom stereocenters. The van der Waals surface area contributed by atoms with E-state index in [9.17, 15) is 9.59 Å². The van der Waals surface area contributed by atoms with E-state index in [0.29, 0.717) is 25.2 Å². The number of hydrogen-bond acceptors (Lipinski definition) is 3. The summed E-state index contributed by atoms with van der Waals surface area (Å²) in [6, 6.07) is 8.78. The van der Waals surface area contributed by atoms with Gasteiger partial charge in [0.05, 0.1) is 0 Å². The minimum absolute atomic E-state index is 0.181. The lowest BCUT2D eigenvalue weighted by molar-refractivity contribution is -0.125. The van der Waals surface area contributed by atoms with Crippen molar-refractivity contribution < 1.29 is 9.59 Å². The molecule has 2 amide bonds. The Morgan fingerprint density at radius 1 is 1.18 bits per heavy atom. The van der Waals surface area contributed by atoms with Crippen LogP contribution in [0.1, 0.15) is 64.4 Å². The number of anilines is 1. The maximum Gasteiger partial charge on any atom is 0.226 e. The predicted molar refractivity (Wildman–Crippen MR) is 90.9 cm³/mol. The van der Waals surface area contributed by atoms with Crippen molar-refractivity contribution in [2.24, 2.45) is 0 Å². The molecule has 1 aromatic rings. The van der Waals surface area contributed by atoms with E-state index in [1.54, 1.807) is 0 Å². The molecule has 4 nitrogen and oxygen atoms in total. The topological polar surface area (TPSA) is 58.2 Å². The zero-order valence-corrected chi connectivity index (χ0v) is 13.9. The molecule has 1 aromatic carbocycles. The highest BCUT2D eigenvalue weighted by molar-refractivity contribution is 5.85. The number of imide groups is 1. The summed E-state index contributed by atoms with van der Waals surface area (Å²) in [5.41, 5.74) is 2.46. The minimum Gasteiger partial charge on any atom is -0.383 e. The average molecular weight is 304 g/mol. The van der Waals surface area contributed by atoms with Gasteiger partial charge in [-0.2, -0.15) is 0 Å². The third-order valence-corrected chi connectivity index (χ3v) is 3.95. The summed E-state index contributed by atoms with van der Waals surface area (Å²) in [7, 11) is 0. The summed E-state index contributed by atoms with van der Waals surface area (Å²) in [5, 5.41) is 5.54. The summed E-state index contributed by atoms with van der Waals surface area (Å²) in [6.45, 7) is 6.49. The van der Waals surface area contributed by atoms with Gasteiger partial charge >= 0.3 is 0 Å². The Morgan fingerprint density at radius 3 is 2.41 bits per heavy atom. The lowest BCUT2D eigenvalue weighted by atomic mass is 9.92. The van der Waals surface area contributed by atoms with Crippen molar-refractivity contribution in [3.63, 3.8) is 0 Å². The predicted octanol–water partition coefficient (Wildman–Crippen LogP) is 3.83. The Morgan fingerprint density at radius 2 is 1.86 bits per heavy atom. The first kappa shape index (κ1) is 18.2. The van der Waals surface area contributed by atoms with Crippen molar-refractivity contribution in [1.29, 1.82) is 0 Å². The highest BCUT2D eigenvalue weighted by atomic mass is 16.2. The van der Waals surface area contributed by atoms with Crippen LogP contribution in [-0.4, -0.2) is 18.4 Å². The van der Waals surface area contributed by atoms with Gasteiger partial charge in [0.15, 0.2) is 0 Å². The Labute approximate surface area is 133 Å².